The van der Waals surface area contributed by atoms with Crippen LogP contribution in [0.4, 0.5) is 8.78 Å². The number of hydrogen-bond donors (Lipinski definition) is 1. The molecule has 0 bridgehead atoms. The minimum Gasteiger partial charge on any atom is -0.435 e. The number of hydrogen-bond acceptors (Lipinski definition) is 2. The molecule has 4 heteroatoms. The summed E-state index contributed by atoms with van der Waals surface area (Å²) in [5.74, 6) is 0.383. The zero-order valence-corrected chi connectivity index (χ0v) is 8.07. The van der Waals surface area contributed by atoms with Gasteiger partial charge in [0.2, 0.25) is 0 Å². The molecule has 0 saturated heterocycles. The summed E-state index contributed by atoms with van der Waals surface area (Å²) in [5, 5.41) is 9.78. The largest absolute Gasteiger partial charge is 0.435 e. The highest BCUT2D eigenvalue weighted by atomic mass is 19.3. The molecule has 2 rings (SSSR count). The third kappa shape index (κ3) is 2.65. The summed E-state index contributed by atoms with van der Waals surface area (Å²) in [6.07, 6.45) is 1.45. The maximum Gasteiger partial charge on any atom is 0.387 e. The van der Waals surface area contributed by atoms with E-state index in [1.807, 2.05) is 0 Å². The first-order valence-electron chi connectivity index (χ1n) is 4.89. The Labute approximate surface area is 86.5 Å². The number of benzene rings is 1. The van der Waals surface area contributed by atoms with Crippen LogP contribution < -0.4 is 4.74 Å². The van der Waals surface area contributed by atoms with Gasteiger partial charge in [-0.25, -0.2) is 0 Å². The highest BCUT2D eigenvalue weighted by Gasteiger charge is 2.30. The van der Waals surface area contributed by atoms with Gasteiger partial charge >= 0.3 is 6.61 Å². The Morgan fingerprint density at radius 3 is 2.67 bits per heavy atom. The van der Waals surface area contributed by atoms with E-state index in [0.717, 1.165) is 12.8 Å². The van der Waals surface area contributed by atoms with E-state index in [4.69, 9.17) is 0 Å². The quantitative estimate of drug-likeness (QED) is 0.835. The zero-order chi connectivity index (χ0) is 10.8. The Kier molecular flexibility index (Phi) is 2.86. The van der Waals surface area contributed by atoms with E-state index in [1.54, 1.807) is 12.1 Å². The van der Waals surface area contributed by atoms with Crippen molar-refractivity contribution in [3.8, 4) is 5.75 Å². The maximum absolute atomic E-state index is 11.9. The van der Waals surface area contributed by atoms with Crippen LogP contribution in [0, 0.1) is 5.92 Å². The molecular weight excluding hydrogens is 202 g/mol. The third-order valence-electron chi connectivity index (χ3n) is 2.49. The summed E-state index contributed by atoms with van der Waals surface area (Å²) in [6.45, 7) is -2.82. The first kappa shape index (κ1) is 10.4. The van der Waals surface area contributed by atoms with Gasteiger partial charge in [-0.05, 0) is 36.5 Å². The van der Waals surface area contributed by atoms with Crippen molar-refractivity contribution in [3.63, 3.8) is 0 Å². The molecule has 0 spiro atoms. The molecule has 1 aromatic carbocycles. The summed E-state index contributed by atoms with van der Waals surface area (Å²) in [4.78, 5) is 0. The van der Waals surface area contributed by atoms with Gasteiger partial charge in [0.25, 0.3) is 0 Å². The molecule has 1 saturated carbocycles. The van der Waals surface area contributed by atoms with E-state index < -0.39 is 12.7 Å². The van der Waals surface area contributed by atoms with Gasteiger partial charge in [0.15, 0.2) is 0 Å². The van der Waals surface area contributed by atoms with Crippen LogP contribution in [0.1, 0.15) is 24.5 Å². The highest BCUT2D eigenvalue weighted by Crippen LogP contribution is 2.41. The number of halogens is 2. The standard InChI is InChI=1S/C11H12F2O2/c12-11(13)15-9-3-1-2-8(6-9)10(14)7-4-5-7/h1-3,6-7,10-11,14H,4-5H2. The summed E-state index contributed by atoms with van der Waals surface area (Å²) < 4.78 is 28.1. The average Bonchev–Trinajstić information content (AvgIpc) is 2.99. The third-order valence-corrected chi connectivity index (χ3v) is 2.49. The van der Waals surface area contributed by atoms with Gasteiger partial charge in [0.1, 0.15) is 5.75 Å². The SMILES string of the molecule is OC(c1cccc(OC(F)F)c1)C1CC1. The molecule has 1 atom stereocenters. The number of rotatable bonds is 4. The second kappa shape index (κ2) is 4.14. The van der Waals surface area contributed by atoms with Crippen LogP contribution in [0.25, 0.3) is 0 Å². The lowest BCUT2D eigenvalue weighted by atomic mass is 10.1. The lowest BCUT2D eigenvalue weighted by molar-refractivity contribution is -0.0500. The molecule has 1 fully saturated rings. The molecule has 15 heavy (non-hydrogen) atoms. The average molecular weight is 214 g/mol. The molecule has 1 aliphatic rings. The van der Waals surface area contributed by atoms with Crippen molar-refractivity contribution in [2.45, 2.75) is 25.6 Å². The Bertz CT molecular complexity index is 337. The minimum atomic E-state index is -2.82. The van der Waals surface area contributed by atoms with Crippen LogP contribution >= 0.6 is 0 Å². The molecule has 0 aromatic heterocycles. The van der Waals surface area contributed by atoms with Crippen molar-refractivity contribution in [1.29, 1.82) is 0 Å². The fourth-order valence-corrected chi connectivity index (χ4v) is 1.56. The Morgan fingerprint density at radius 1 is 1.33 bits per heavy atom. The van der Waals surface area contributed by atoms with Crippen LogP contribution in [-0.4, -0.2) is 11.7 Å². The molecule has 0 heterocycles. The lowest BCUT2D eigenvalue weighted by Crippen LogP contribution is -2.04. The Morgan fingerprint density at radius 2 is 2.07 bits per heavy atom. The fourth-order valence-electron chi connectivity index (χ4n) is 1.56. The fraction of sp³-hybridized carbons (Fsp3) is 0.455. The normalized spacial score (nSPS) is 17.9. The van der Waals surface area contributed by atoms with Crippen molar-refractivity contribution in [3.05, 3.63) is 29.8 Å². The summed E-state index contributed by atoms with van der Waals surface area (Å²) in [7, 11) is 0. The van der Waals surface area contributed by atoms with Crippen molar-refractivity contribution >= 4 is 0 Å². The lowest BCUT2D eigenvalue weighted by Gasteiger charge is -2.11. The maximum atomic E-state index is 11.9. The second-order valence-corrected chi connectivity index (χ2v) is 3.73. The first-order chi connectivity index (χ1) is 7.16. The number of aliphatic hydroxyl groups is 1. The van der Waals surface area contributed by atoms with Gasteiger partial charge in [-0.2, -0.15) is 8.78 Å². The van der Waals surface area contributed by atoms with Gasteiger partial charge in [0.05, 0.1) is 6.10 Å². The van der Waals surface area contributed by atoms with Gasteiger partial charge in [-0.1, -0.05) is 12.1 Å². The van der Waals surface area contributed by atoms with Gasteiger partial charge in [-0.3, -0.25) is 0 Å². The number of alkyl halides is 2. The number of ether oxygens (including phenoxy) is 1. The molecule has 1 N–H and O–H groups in total. The van der Waals surface area contributed by atoms with E-state index in [2.05, 4.69) is 4.74 Å². The van der Waals surface area contributed by atoms with Crippen LogP contribution in [0.3, 0.4) is 0 Å². The van der Waals surface area contributed by atoms with Gasteiger partial charge < -0.3 is 9.84 Å². The molecule has 0 aliphatic heterocycles. The van der Waals surface area contributed by atoms with E-state index >= 15 is 0 Å². The summed E-state index contributed by atoms with van der Waals surface area (Å²) in [6, 6.07) is 6.25. The van der Waals surface area contributed by atoms with Crippen molar-refractivity contribution in [2.24, 2.45) is 5.92 Å². The molecule has 0 amide bonds. The minimum absolute atomic E-state index is 0.0993. The van der Waals surface area contributed by atoms with Crippen LogP contribution in [0.15, 0.2) is 24.3 Å². The molecule has 2 nitrogen and oxygen atoms in total. The van der Waals surface area contributed by atoms with Crippen LogP contribution in [0.2, 0.25) is 0 Å². The Hall–Kier alpha value is -1.16. The second-order valence-electron chi connectivity index (χ2n) is 3.73. The predicted molar refractivity (Wildman–Crippen MR) is 50.8 cm³/mol. The number of aliphatic hydroxyl groups excluding tert-OH is 1. The molecule has 0 radical (unpaired) electrons. The van der Waals surface area contributed by atoms with E-state index in [1.165, 1.54) is 12.1 Å². The summed E-state index contributed by atoms with van der Waals surface area (Å²) >= 11 is 0. The van der Waals surface area contributed by atoms with Crippen LogP contribution in [-0.2, 0) is 0 Å². The topological polar surface area (TPSA) is 29.5 Å². The van der Waals surface area contributed by atoms with Gasteiger partial charge in [-0.15, -0.1) is 0 Å². The van der Waals surface area contributed by atoms with Crippen molar-refractivity contribution < 1.29 is 18.6 Å². The Balaban J connectivity index is 2.10. The van der Waals surface area contributed by atoms with Gasteiger partial charge in [0, 0.05) is 0 Å². The monoisotopic (exact) mass is 214 g/mol. The predicted octanol–water partition coefficient (Wildman–Crippen LogP) is 2.73. The van der Waals surface area contributed by atoms with Crippen molar-refractivity contribution in [1.82, 2.24) is 0 Å². The highest BCUT2D eigenvalue weighted by molar-refractivity contribution is 5.30. The smallest absolute Gasteiger partial charge is 0.387 e. The molecule has 82 valence electrons. The van der Waals surface area contributed by atoms with Crippen molar-refractivity contribution in [2.75, 3.05) is 0 Å². The molecule has 1 unspecified atom stereocenters. The first-order valence-corrected chi connectivity index (χ1v) is 4.89. The zero-order valence-electron chi connectivity index (χ0n) is 8.07. The molecule has 1 aliphatic carbocycles. The van der Waals surface area contributed by atoms with Crippen LogP contribution in [0.5, 0.6) is 5.75 Å². The van der Waals surface area contributed by atoms with E-state index in [0.29, 0.717) is 5.56 Å². The van der Waals surface area contributed by atoms with E-state index in [-0.39, 0.29) is 11.7 Å². The van der Waals surface area contributed by atoms with E-state index in [9.17, 15) is 13.9 Å². The summed E-state index contributed by atoms with van der Waals surface area (Å²) in [5.41, 5.74) is 0.649. The molecular formula is C11H12F2O2. The molecule has 1 aromatic rings.